The van der Waals surface area contributed by atoms with Crippen molar-refractivity contribution >= 4 is 28.4 Å². The number of rotatable bonds is 2. The molecule has 3 nitrogen and oxygen atoms in total. The molecule has 1 N–H and O–H groups in total. The minimum absolute atomic E-state index is 0.101. The summed E-state index contributed by atoms with van der Waals surface area (Å²) in [5.74, 6) is 2.06. The number of benzene rings is 1. The summed E-state index contributed by atoms with van der Waals surface area (Å²) in [7, 11) is 0. The SMILES string of the molecule is CC(=O)c1ccc(NC2=NC3(CCC(C)CC3)CS2)cc1. The molecule has 1 aliphatic carbocycles. The highest BCUT2D eigenvalue weighted by atomic mass is 32.2. The van der Waals surface area contributed by atoms with Gasteiger partial charge in [-0.3, -0.25) is 9.79 Å². The number of carbonyl (C=O) groups is 1. The molecule has 21 heavy (non-hydrogen) atoms. The Morgan fingerprint density at radius 2 is 1.95 bits per heavy atom. The van der Waals surface area contributed by atoms with E-state index in [-0.39, 0.29) is 11.3 Å². The van der Waals surface area contributed by atoms with E-state index in [1.54, 1.807) is 6.92 Å². The van der Waals surface area contributed by atoms with Crippen molar-refractivity contribution in [1.82, 2.24) is 0 Å². The minimum Gasteiger partial charge on any atom is -0.335 e. The first kappa shape index (κ1) is 14.6. The molecule has 2 aliphatic rings. The summed E-state index contributed by atoms with van der Waals surface area (Å²) in [5.41, 5.74) is 1.94. The number of aliphatic imine (C=N–C) groups is 1. The van der Waals surface area contributed by atoms with Crippen molar-refractivity contribution in [1.29, 1.82) is 0 Å². The van der Waals surface area contributed by atoms with Gasteiger partial charge in [-0.15, -0.1) is 0 Å². The lowest BCUT2D eigenvalue weighted by atomic mass is 9.79. The maximum atomic E-state index is 11.3. The summed E-state index contributed by atoms with van der Waals surface area (Å²) in [5, 5.41) is 4.42. The molecule has 1 saturated carbocycles. The number of nitrogens with one attached hydrogen (secondary N) is 1. The number of hydrogen-bond donors (Lipinski definition) is 1. The van der Waals surface area contributed by atoms with E-state index in [1.165, 1.54) is 25.7 Å². The minimum atomic E-state index is 0.101. The molecule has 0 saturated heterocycles. The second-order valence-electron chi connectivity index (χ2n) is 6.37. The molecule has 0 atom stereocenters. The molecular weight excluding hydrogens is 280 g/mol. The Hall–Kier alpha value is -1.29. The quantitative estimate of drug-likeness (QED) is 0.826. The van der Waals surface area contributed by atoms with Gasteiger partial charge in [0.05, 0.1) is 5.54 Å². The summed E-state index contributed by atoms with van der Waals surface area (Å²) in [6.07, 6.45) is 5.03. The smallest absolute Gasteiger partial charge is 0.161 e. The number of ketones is 1. The molecule has 0 amide bonds. The third kappa shape index (κ3) is 3.31. The topological polar surface area (TPSA) is 41.5 Å². The highest BCUT2D eigenvalue weighted by molar-refractivity contribution is 8.14. The van der Waals surface area contributed by atoms with Gasteiger partial charge < -0.3 is 5.32 Å². The molecule has 0 radical (unpaired) electrons. The average Bonchev–Trinajstić information content (AvgIpc) is 2.86. The molecule has 1 aromatic rings. The molecule has 0 bridgehead atoms. The van der Waals surface area contributed by atoms with Crippen LogP contribution in [0.25, 0.3) is 0 Å². The van der Waals surface area contributed by atoms with Gasteiger partial charge >= 0.3 is 0 Å². The fourth-order valence-electron chi connectivity index (χ4n) is 3.01. The summed E-state index contributed by atoms with van der Waals surface area (Å²) < 4.78 is 0. The van der Waals surface area contributed by atoms with Crippen LogP contribution >= 0.6 is 11.8 Å². The van der Waals surface area contributed by atoms with E-state index in [4.69, 9.17) is 4.99 Å². The first-order valence-corrected chi connectivity index (χ1v) is 8.66. The van der Waals surface area contributed by atoms with Crippen LogP contribution in [0, 0.1) is 5.92 Å². The van der Waals surface area contributed by atoms with Crippen molar-refractivity contribution in [3.8, 4) is 0 Å². The molecule has 0 aromatic heterocycles. The van der Waals surface area contributed by atoms with E-state index in [1.807, 2.05) is 36.0 Å². The van der Waals surface area contributed by atoms with Gasteiger partial charge in [-0.2, -0.15) is 0 Å². The zero-order chi connectivity index (χ0) is 14.9. The van der Waals surface area contributed by atoms with Gasteiger partial charge in [0.15, 0.2) is 11.0 Å². The number of Topliss-reactive ketones (excluding diaryl/α,β-unsaturated/α-hetero) is 1. The van der Waals surface area contributed by atoms with Crippen LogP contribution in [0.5, 0.6) is 0 Å². The molecule has 1 aliphatic heterocycles. The standard InChI is InChI=1S/C17H22N2OS/c1-12-7-9-17(10-8-12)11-21-16(19-17)18-15-5-3-14(4-6-15)13(2)20/h3-6,12H,7-11H2,1-2H3,(H,18,19). The van der Waals surface area contributed by atoms with E-state index in [0.717, 1.165) is 28.1 Å². The van der Waals surface area contributed by atoms with Crippen LogP contribution in [-0.4, -0.2) is 22.2 Å². The Morgan fingerprint density at radius 3 is 2.57 bits per heavy atom. The number of nitrogens with zero attached hydrogens (tertiary/aromatic N) is 1. The van der Waals surface area contributed by atoms with Gasteiger partial charge in [-0.05, 0) is 62.8 Å². The molecule has 1 fully saturated rings. The van der Waals surface area contributed by atoms with E-state index in [2.05, 4.69) is 12.2 Å². The van der Waals surface area contributed by atoms with Gasteiger partial charge in [0, 0.05) is 17.0 Å². The number of anilines is 1. The highest BCUT2D eigenvalue weighted by Gasteiger charge is 2.38. The Morgan fingerprint density at radius 1 is 1.29 bits per heavy atom. The number of hydrogen-bond acceptors (Lipinski definition) is 4. The van der Waals surface area contributed by atoms with Crippen LogP contribution in [-0.2, 0) is 0 Å². The summed E-state index contributed by atoms with van der Waals surface area (Å²) in [6, 6.07) is 7.63. The highest BCUT2D eigenvalue weighted by Crippen LogP contribution is 2.41. The number of amidine groups is 1. The van der Waals surface area contributed by atoms with E-state index < -0.39 is 0 Å². The summed E-state index contributed by atoms with van der Waals surface area (Å²) in [4.78, 5) is 16.2. The summed E-state index contributed by atoms with van der Waals surface area (Å²) in [6.45, 7) is 3.93. The van der Waals surface area contributed by atoms with Crippen molar-refractivity contribution in [3.63, 3.8) is 0 Å². The van der Waals surface area contributed by atoms with Crippen LogP contribution in [0.4, 0.5) is 5.69 Å². The van der Waals surface area contributed by atoms with E-state index >= 15 is 0 Å². The second-order valence-corrected chi connectivity index (χ2v) is 7.34. The van der Waals surface area contributed by atoms with Crippen molar-refractivity contribution in [3.05, 3.63) is 29.8 Å². The number of carbonyl (C=O) groups excluding carboxylic acids is 1. The lowest BCUT2D eigenvalue weighted by molar-refractivity contribution is 0.101. The van der Waals surface area contributed by atoms with Crippen molar-refractivity contribution in [2.45, 2.75) is 45.1 Å². The third-order valence-corrected chi connectivity index (χ3v) is 5.71. The second kappa shape index (κ2) is 5.84. The lowest BCUT2D eigenvalue weighted by Gasteiger charge is -2.32. The molecule has 1 heterocycles. The molecule has 0 unspecified atom stereocenters. The van der Waals surface area contributed by atoms with Crippen molar-refractivity contribution in [2.75, 3.05) is 11.1 Å². The first-order valence-electron chi connectivity index (χ1n) is 7.67. The zero-order valence-electron chi connectivity index (χ0n) is 12.7. The third-order valence-electron chi connectivity index (χ3n) is 4.56. The predicted octanol–water partition coefficient (Wildman–Crippen LogP) is 4.35. The van der Waals surface area contributed by atoms with Crippen molar-refractivity contribution < 1.29 is 4.79 Å². The van der Waals surface area contributed by atoms with E-state index in [9.17, 15) is 4.79 Å². The van der Waals surface area contributed by atoms with Gasteiger partial charge in [0.25, 0.3) is 0 Å². The van der Waals surface area contributed by atoms with Gasteiger partial charge in [0.1, 0.15) is 0 Å². The zero-order valence-corrected chi connectivity index (χ0v) is 13.5. The van der Waals surface area contributed by atoms with Crippen LogP contribution in [0.15, 0.2) is 29.3 Å². The molecule has 112 valence electrons. The van der Waals surface area contributed by atoms with Crippen molar-refractivity contribution in [2.24, 2.45) is 10.9 Å². The predicted molar refractivity (Wildman–Crippen MR) is 90.3 cm³/mol. The van der Waals surface area contributed by atoms with Crippen LogP contribution in [0.2, 0.25) is 0 Å². The van der Waals surface area contributed by atoms with E-state index in [0.29, 0.717) is 0 Å². The average molecular weight is 302 g/mol. The molecule has 3 rings (SSSR count). The van der Waals surface area contributed by atoms with Crippen LogP contribution in [0.3, 0.4) is 0 Å². The maximum absolute atomic E-state index is 11.3. The summed E-state index contributed by atoms with van der Waals surface area (Å²) >= 11 is 1.83. The Labute approximate surface area is 130 Å². The van der Waals surface area contributed by atoms with Gasteiger partial charge in [0.2, 0.25) is 0 Å². The number of thioether (sulfide) groups is 1. The Kier molecular flexibility index (Phi) is 4.07. The fraction of sp³-hybridized carbons (Fsp3) is 0.529. The normalized spacial score (nSPS) is 28.5. The molecule has 1 aromatic carbocycles. The van der Waals surface area contributed by atoms with Gasteiger partial charge in [-0.1, -0.05) is 18.7 Å². The van der Waals surface area contributed by atoms with Crippen LogP contribution < -0.4 is 5.32 Å². The first-order chi connectivity index (χ1) is 10.1. The van der Waals surface area contributed by atoms with Gasteiger partial charge in [-0.25, -0.2) is 0 Å². The largest absolute Gasteiger partial charge is 0.335 e. The Balaban J connectivity index is 1.67. The molecule has 1 spiro atoms. The molecular formula is C17H22N2OS. The lowest BCUT2D eigenvalue weighted by Crippen LogP contribution is -2.32. The molecule has 4 heteroatoms. The Bertz CT molecular complexity index is 557. The maximum Gasteiger partial charge on any atom is 0.161 e. The van der Waals surface area contributed by atoms with Crippen LogP contribution in [0.1, 0.15) is 49.9 Å². The monoisotopic (exact) mass is 302 g/mol. The fourth-order valence-corrected chi connectivity index (χ4v) is 4.22.